The number of alkyl halides is 7. The molecule has 17 heteroatoms. The molecule has 2 fully saturated rings. The van der Waals surface area contributed by atoms with Gasteiger partial charge in [0.1, 0.15) is 17.8 Å². The molecule has 39 heavy (non-hydrogen) atoms. The Hall–Kier alpha value is -3.50. The average Bonchev–Trinajstić information content (AvgIpc) is 3.21. The van der Waals surface area contributed by atoms with Gasteiger partial charge >= 0.3 is 12.4 Å². The van der Waals surface area contributed by atoms with Crippen molar-refractivity contribution in [2.45, 2.75) is 56.5 Å². The minimum atomic E-state index is -4.92. The van der Waals surface area contributed by atoms with Crippen LogP contribution in [-0.4, -0.2) is 81.6 Å². The van der Waals surface area contributed by atoms with Crippen LogP contribution in [0, 0.1) is 0 Å². The number of H-pyrrole nitrogens is 1. The lowest BCUT2D eigenvalue weighted by Crippen LogP contribution is -2.54. The van der Waals surface area contributed by atoms with E-state index in [1.807, 2.05) is 0 Å². The molecule has 2 aliphatic rings. The van der Waals surface area contributed by atoms with Crippen molar-refractivity contribution in [1.29, 1.82) is 0 Å². The largest absolute Gasteiger partial charge is 0.423 e. The number of carbonyl (C=O) groups is 1. The van der Waals surface area contributed by atoms with Crippen molar-refractivity contribution < 1.29 is 40.3 Å². The maximum atomic E-state index is 15.1. The number of halogens is 7. The van der Waals surface area contributed by atoms with Gasteiger partial charge < -0.3 is 19.9 Å². The van der Waals surface area contributed by atoms with E-state index in [1.165, 1.54) is 16.7 Å². The van der Waals surface area contributed by atoms with Gasteiger partial charge in [0.25, 0.3) is 11.5 Å². The number of amides is 1. The van der Waals surface area contributed by atoms with E-state index in [0.717, 1.165) is 6.20 Å². The molecule has 2 aliphatic heterocycles. The van der Waals surface area contributed by atoms with Gasteiger partial charge in [-0.1, -0.05) is 0 Å². The number of ether oxygens (including phenoxy) is 1. The van der Waals surface area contributed by atoms with E-state index >= 15 is 4.39 Å². The smallest absolute Gasteiger partial charge is 0.378 e. The van der Waals surface area contributed by atoms with Crippen molar-refractivity contribution in [3.05, 3.63) is 40.1 Å². The molecule has 2 saturated heterocycles. The standard InChI is InChI=1S/C22H24F7N7O3/c1-11(33-14-8-32-34-18(37)17(14)22(27,28)29)10-39-16-3-5-36(19(16)38)15-2-4-35(9-13(15)23)20-30-6-12(7-31-20)21(24,25)26/h6-8,11,13,15-16H,2-5,9-10H2,1H3,(H2,33,34,37)/t11?,13-,15-,16?/m0/s1. The molecule has 0 radical (unpaired) electrons. The fraction of sp³-hybridized carbons (Fsp3) is 0.591. The molecule has 2 aromatic rings. The molecule has 4 heterocycles. The molecule has 214 valence electrons. The number of piperidine rings is 1. The summed E-state index contributed by atoms with van der Waals surface area (Å²) in [5, 5.41) is 7.63. The number of nitrogens with one attached hydrogen (secondary N) is 2. The van der Waals surface area contributed by atoms with Gasteiger partial charge in [0.05, 0.1) is 36.6 Å². The second kappa shape index (κ2) is 10.9. The summed E-state index contributed by atoms with van der Waals surface area (Å²) < 4.78 is 98.5. The predicted octanol–water partition coefficient (Wildman–Crippen LogP) is 2.63. The van der Waals surface area contributed by atoms with E-state index < -0.39 is 65.0 Å². The Morgan fingerprint density at radius 3 is 2.38 bits per heavy atom. The fourth-order valence-electron chi connectivity index (χ4n) is 4.57. The maximum Gasteiger partial charge on any atom is 0.423 e. The first-order chi connectivity index (χ1) is 18.3. The van der Waals surface area contributed by atoms with Gasteiger partial charge in [0.15, 0.2) is 0 Å². The lowest BCUT2D eigenvalue weighted by molar-refractivity contribution is -0.140. The number of carbonyl (C=O) groups excluding carboxylic acids is 1. The molecule has 4 rings (SSSR count). The van der Waals surface area contributed by atoms with Crippen molar-refractivity contribution in [2.24, 2.45) is 0 Å². The van der Waals surface area contributed by atoms with E-state index in [-0.39, 0.29) is 45.0 Å². The molecule has 0 aromatic carbocycles. The summed E-state index contributed by atoms with van der Waals surface area (Å²) in [4.78, 5) is 34.6. The van der Waals surface area contributed by atoms with Crippen LogP contribution >= 0.6 is 0 Å². The number of aromatic amines is 1. The van der Waals surface area contributed by atoms with Gasteiger partial charge in [-0.2, -0.15) is 31.4 Å². The molecule has 2 aromatic heterocycles. The maximum absolute atomic E-state index is 15.1. The monoisotopic (exact) mass is 567 g/mol. The van der Waals surface area contributed by atoms with Gasteiger partial charge in [-0.3, -0.25) is 9.59 Å². The van der Waals surface area contributed by atoms with Crippen LogP contribution < -0.4 is 15.8 Å². The molecule has 0 saturated carbocycles. The zero-order valence-electron chi connectivity index (χ0n) is 20.4. The van der Waals surface area contributed by atoms with Crippen LogP contribution in [0.25, 0.3) is 0 Å². The third-order valence-corrected chi connectivity index (χ3v) is 6.44. The quantitative estimate of drug-likeness (QED) is 0.491. The fourth-order valence-corrected chi connectivity index (χ4v) is 4.57. The Labute approximate surface area is 216 Å². The van der Waals surface area contributed by atoms with E-state index in [0.29, 0.717) is 12.4 Å². The molecule has 1 amide bonds. The first kappa shape index (κ1) is 28.5. The lowest BCUT2D eigenvalue weighted by Gasteiger charge is -2.39. The summed E-state index contributed by atoms with van der Waals surface area (Å²) in [7, 11) is 0. The number of rotatable bonds is 7. The van der Waals surface area contributed by atoms with Crippen LogP contribution in [0.4, 0.5) is 42.4 Å². The lowest BCUT2D eigenvalue weighted by atomic mass is 10.0. The van der Waals surface area contributed by atoms with E-state index in [9.17, 15) is 35.9 Å². The number of anilines is 2. The normalized spacial score (nSPS) is 23.3. The first-order valence-electron chi connectivity index (χ1n) is 11.9. The van der Waals surface area contributed by atoms with Crippen LogP contribution in [0.2, 0.25) is 0 Å². The van der Waals surface area contributed by atoms with E-state index in [2.05, 4.69) is 20.4 Å². The molecule has 2 N–H and O–H groups in total. The van der Waals surface area contributed by atoms with Crippen molar-refractivity contribution in [3.8, 4) is 0 Å². The summed E-state index contributed by atoms with van der Waals surface area (Å²) in [6, 6.07) is -1.53. The van der Waals surface area contributed by atoms with Gasteiger partial charge in [-0.15, -0.1) is 0 Å². The number of hydrogen-bond acceptors (Lipinski definition) is 8. The van der Waals surface area contributed by atoms with Crippen molar-refractivity contribution >= 4 is 17.5 Å². The summed E-state index contributed by atoms with van der Waals surface area (Å²) in [6.07, 6.45) is -9.49. The first-order valence-corrected chi connectivity index (χ1v) is 11.9. The molecule has 0 bridgehead atoms. The molecule has 10 nitrogen and oxygen atoms in total. The van der Waals surface area contributed by atoms with E-state index in [4.69, 9.17) is 4.74 Å². The highest BCUT2D eigenvalue weighted by molar-refractivity contribution is 5.83. The number of nitrogens with zero attached hydrogens (tertiary/aromatic N) is 5. The third-order valence-electron chi connectivity index (χ3n) is 6.44. The highest BCUT2D eigenvalue weighted by Gasteiger charge is 2.43. The second-order valence-corrected chi connectivity index (χ2v) is 9.26. The van der Waals surface area contributed by atoms with Crippen LogP contribution in [0.3, 0.4) is 0 Å². The Bertz CT molecular complexity index is 1220. The Morgan fingerprint density at radius 1 is 1.08 bits per heavy atom. The van der Waals surface area contributed by atoms with Gasteiger partial charge in [-0.05, 0) is 13.3 Å². The van der Waals surface area contributed by atoms with Gasteiger partial charge in [0.2, 0.25) is 5.95 Å². The van der Waals surface area contributed by atoms with Crippen molar-refractivity contribution in [1.82, 2.24) is 25.1 Å². The molecular weight excluding hydrogens is 543 g/mol. The topological polar surface area (TPSA) is 116 Å². The molecule has 0 spiro atoms. The predicted molar refractivity (Wildman–Crippen MR) is 122 cm³/mol. The SMILES string of the molecule is CC(COC1CCN([C@H]2CCN(c3ncc(C(F)(F)F)cn3)C[C@@H]2F)C1=O)Nc1cn[nH]c(=O)c1C(F)(F)F. The summed E-state index contributed by atoms with van der Waals surface area (Å²) >= 11 is 0. The van der Waals surface area contributed by atoms with Crippen LogP contribution in [0.5, 0.6) is 0 Å². The van der Waals surface area contributed by atoms with Crippen LogP contribution in [-0.2, 0) is 21.9 Å². The van der Waals surface area contributed by atoms with Gasteiger partial charge in [0, 0.05) is 37.9 Å². The molecule has 0 aliphatic carbocycles. The second-order valence-electron chi connectivity index (χ2n) is 9.26. The highest BCUT2D eigenvalue weighted by Crippen LogP contribution is 2.32. The van der Waals surface area contributed by atoms with Crippen LogP contribution in [0.1, 0.15) is 30.9 Å². The van der Waals surface area contributed by atoms with Crippen LogP contribution in [0.15, 0.2) is 23.4 Å². The average molecular weight is 567 g/mol. The Balaban J connectivity index is 1.30. The summed E-state index contributed by atoms with van der Waals surface area (Å²) in [6.45, 7) is 1.49. The van der Waals surface area contributed by atoms with Crippen molar-refractivity contribution in [3.63, 3.8) is 0 Å². The minimum Gasteiger partial charge on any atom is -0.378 e. The number of aromatic nitrogens is 4. The Morgan fingerprint density at radius 2 is 1.77 bits per heavy atom. The van der Waals surface area contributed by atoms with Gasteiger partial charge in [-0.25, -0.2) is 19.5 Å². The van der Waals surface area contributed by atoms with E-state index in [1.54, 1.807) is 5.10 Å². The summed E-state index contributed by atoms with van der Waals surface area (Å²) in [5.74, 6) is -0.522. The molecular formula is C22H24F7N7O3. The van der Waals surface area contributed by atoms with Crippen molar-refractivity contribution in [2.75, 3.05) is 36.5 Å². The number of hydrogen-bond donors (Lipinski definition) is 2. The summed E-state index contributed by atoms with van der Waals surface area (Å²) in [5.41, 5.74) is -4.40. The Kier molecular flexibility index (Phi) is 7.99. The minimum absolute atomic E-state index is 0.0520. The third kappa shape index (κ3) is 6.39. The molecule has 4 atom stereocenters. The zero-order chi connectivity index (χ0) is 28.5. The zero-order valence-corrected chi connectivity index (χ0v) is 20.4. The number of likely N-dealkylation sites (tertiary alicyclic amines) is 1. The highest BCUT2D eigenvalue weighted by atomic mass is 19.4. The molecule has 2 unspecified atom stereocenters.